The molecule has 8 N–H and O–H groups in total. The quantitative estimate of drug-likeness (QED) is 0.143. The molecule has 1 fully saturated rings. The number of primary amides is 2. The van der Waals surface area contributed by atoms with Crippen molar-refractivity contribution in [1.29, 1.82) is 0 Å². The molecular weight excluding hydrogens is 468 g/mol. The van der Waals surface area contributed by atoms with Crippen LogP contribution < -0.4 is 27.4 Å². The topological polar surface area (TPSA) is 214 Å². The van der Waals surface area contributed by atoms with Gasteiger partial charge in [-0.25, -0.2) is 0 Å². The fraction of sp³-hybridized carbons (Fsp3) is 0.700. The van der Waals surface area contributed by atoms with Gasteiger partial charge in [0, 0.05) is 19.9 Å². The third-order valence-electron chi connectivity index (χ3n) is 5.28. The van der Waals surface area contributed by atoms with Crippen molar-refractivity contribution in [2.45, 2.75) is 63.2 Å². The minimum Gasteiger partial charge on any atom is -0.394 e. The van der Waals surface area contributed by atoms with Gasteiger partial charge in [-0.2, -0.15) is 11.8 Å². The molecule has 1 aliphatic heterocycles. The van der Waals surface area contributed by atoms with Gasteiger partial charge >= 0.3 is 0 Å². The van der Waals surface area contributed by atoms with E-state index in [1.807, 2.05) is 6.26 Å². The van der Waals surface area contributed by atoms with Gasteiger partial charge in [-0.15, -0.1) is 0 Å². The average molecular weight is 503 g/mol. The second-order valence-corrected chi connectivity index (χ2v) is 8.92. The Kier molecular flexibility index (Phi) is 12.4. The van der Waals surface area contributed by atoms with Gasteiger partial charge in [0.05, 0.1) is 6.61 Å². The molecule has 0 bridgehead atoms. The Balaban J connectivity index is 2.92. The van der Waals surface area contributed by atoms with Crippen molar-refractivity contribution in [2.24, 2.45) is 11.5 Å². The molecule has 0 aromatic heterocycles. The van der Waals surface area contributed by atoms with Crippen LogP contribution in [0.25, 0.3) is 0 Å². The van der Waals surface area contributed by atoms with Crippen molar-refractivity contribution in [1.82, 2.24) is 20.9 Å². The predicted molar refractivity (Wildman–Crippen MR) is 124 cm³/mol. The largest absolute Gasteiger partial charge is 0.394 e. The summed E-state index contributed by atoms with van der Waals surface area (Å²) in [6.07, 6.45) is 2.71. The lowest BCUT2D eigenvalue weighted by Crippen LogP contribution is -2.58. The molecule has 6 amide bonds. The Labute approximate surface area is 202 Å². The summed E-state index contributed by atoms with van der Waals surface area (Å²) in [5, 5.41) is 16.9. The summed E-state index contributed by atoms with van der Waals surface area (Å²) in [5.74, 6) is -3.30. The number of carbonyl (C=O) groups is 6. The second kappa shape index (κ2) is 14.4. The number of nitrogens with one attached hydrogen (secondary N) is 3. The lowest BCUT2D eigenvalue weighted by molar-refractivity contribution is -0.142. The molecule has 192 valence electrons. The zero-order valence-electron chi connectivity index (χ0n) is 19.4. The minimum atomic E-state index is -1.18. The second-order valence-electron chi connectivity index (χ2n) is 7.94. The Bertz CT molecular complexity index is 781. The average Bonchev–Trinajstić information content (AvgIpc) is 3.26. The summed E-state index contributed by atoms with van der Waals surface area (Å²) in [6, 6.07) is -4.22. The van der Waals surface area contributed by atoms with E-state index in [2.05, 4.69) is 16.0 Å². The van der Waals surface area contributed by atoms with Gasteiger partial charge in [-0.3, -0.25) is 28.8 Å². The molecule has 0 spiro atoms. The number of likely N-dealkylation sites (tertiary alicyclic amines) is 1. The van der Waals surface area contributed by atoms with E-state index in [1.54, 1.807) is 0 Å². The van der Waals surface area contributed by atoms with Crippen LogP contribution in [0.5, 0.6) is 0 Å². The van der Waals surface area contributed by atoms with E-state index >= 15 is 0 Å². The summed E-state index contributed by atoms with van der Waals surface area (Å²) in [4.78, 5) is 73.9. The summed E-state index contributed by atoms with van der Waals surface area (Å²) in [7, 11) is 0. The van der Waals surface area contributed by atoms with Crippen LogP contribution in [0.3, 0.4) is 0 Å². The first kappa shape index (κ1) is 29.2. The predicted octanol–water partition coefficient (Wildman–Crippen LogP) is -3.05. The molecule has 1 heterocycles. The lowest BCUT2D eigenvalue weighted by Gasteiger charge is -2.29. The zero-order valence-corrected chi connectivity index (χ0v) is 20.2. The number of nitrogens with zero attached hydrogens (tertiary/aromatic N) is 1. The number of hydrogen-bond donors (Lipinski definition) is 6. The molecule has 1 rings (SSSR count). The number of aliphatic hydroxyl groups is 1. The van der Waals surface area contributed by atoms with Gasteiger partial charge in [0.1, 0.15) is 24.2 Å². The monoisotopic (exact) mass is 502 g/mol. The van der Waals surface area contributed by atoms with Gasteiger partial charge in [0.15, 0.2) is 0 Å². The van der Waals surface area contributed by atoms with Crippen LogP contribution in [0.2, 0.25) is 0 Å². The van der Waals surface area contributed by atoms with E-state index in [4.69, 9.17) is 11.5 Å². The number of hydrogen-bond acceptors (Lipinski definition) is 8. The van der Waals surface area contributed by atoms with E-state index in [0.717, 1.165) is 0 Å². The molecule has 0 unspecified atom stereocenters. The summed E-state index contributed by atoms with van der Waals surface area (Å²) in [5.41, 5.74) is 10.4. The maximum Gasteiger partial charge on any atom is 0.248 e. The van der Waals surface area contributed by atoms with E-state index < -0.39 is 66.2 Å². The smallest absolute Gasteiger partial charge is 0.248 e. The van der Waals surface area contributed by atoms with Gasteiger partial charge in [-0.1, -0.05) is 0 Å². The molecule has 0 aliphatic carbocycles. The van der Waals surface area contributed by atoms with Crippen LogP contribution in [-0.2, 0) is 28.8 Å². The van der Waals surface area contributed by atoms with Gasteiger partial charge in [-0.05, 0) is 37.7 Å². The highest BCUT2D eigenvalue weighted by Crippen LogP contribution is 2.19. The number of thioether (sulfide) groups is 1. The summed E-state index contributed by atoms with van der Waals surface area (Å²) >= 11 is 1.45. The van der Waals surface area contributed by atoms with E-state index in [9.17, 15) is 33.9 Å². The number of rotatable bonds is 14. The normalized spacial score (nSPS) is 17.9. The van der Waals surface area contributed by atoms with E-state index in [1.165, 1.54) is 23.6 Å². The van der Waals surface area contributed by atoms with Crippen molar-refractivity contribution in [3.05, 3.63) is 0 Å². The molecule has 0 aromatic carbocycles. The van der Waals surface area contributed by atoms with Crippen molar-refractivity contribution in [3.63, 3.8) is 0 Å². The number of carbonyl (C=O) groups excluding carboxylic acids is 6. The van der Waals surface area contributed by atoms with Crippen molar-refractivity contribution < 1.29 is 33.9 Å². The van der Waals surface area contributed by atoms with Crippen molar-refractivity contribution >= 4 is 47.2 Å². The summed E-state index contributed by atoms with van der Waals surface area (Å²) < 4.78 is 0. The number of aliphatic hydroxyl groups excluding tert-OH is 1. The Morgan fingerprint density at radius 3 is 2.24 bits per heavy atom. The Morgan fingerprint density at radius 1 is 1.03 bits per heavy atom. The highest BCUT2D eigenvalue weighted by atomic mass is 32.2. The first-order valence-corrected chi connectivity index (χ1v) is 12.3. The highest BCUT2D eigenvalue weighted by Gasteiger charge is 2.38. The first-order chi connectivity index (χ1) is 16.0. The van der Waals surface area contributed by atoms with E-state index in [-0.39, 0.29) is 25.8 Å². The van der Waals surface area contributed by atoms with Gasteiger partial charge in [0.2, 0.25) is 35.4 Å². The molecule has 14 heteroatoms. The molecule has 34 heavy (non-hydrogen) atoms. The molecule has 4 atom stereocenters. The van der Waals surface area contributed by atoms with Crippen LogP contribution >= 0.6 is 11.8 Å². The van der Waals surface area contributed by atoms with Crippen LogP contribution in [-0.4, -0.2) is 94.8 Å². The first-order valence-electron chi connectivity index (χ1n) is 10.9. The van der Waals surface area contributed by atoms with Crippen molar-refractivity contribution in [2.75, 3.05) is 25.2 Å². The third kappa shape index (κ3) is 9.17. The van der Waals surface area contributed by atoms with Gasteiger partial charge < -0.3 is 37.4 Å². The van der Waals surface area contributed by atoms with Crippen LogP contribution in [0.4, 0.5) is 0 Å². The standard InChI is InChI=1S/C20H34N6O7S/c1-11(28)23-14(10-27)20(33)26-8-3-4-15(26)19(32)25-13(7-9-34-2)18(31)24-12(17(22)30)5-6-16(21)29/h12-15,27H,3-10H2,1-2H3,(H2,21,29)(H2,22,30)(H,23,28)(H,24,31)(H,25,32)/t12-,13-,14-,15-/m0/s1. The fourth-order valence-corrected chi connectivity index (χ4v) is 4.02. The molecule has 13 nitrogen and oxygen atoms in total. The van der Waals surface area contributed by atoms with E-state index in [0.29, 0.717) is 18.6 Å². The van der Waals surface area contributed by atoms with Gasteiger partial charge in [0.25, 0.3) is 0 Å². The van der Waals surface area contributed by atoms with Crippen LogP contribution in [0.15, 0.2) is 0 Å². The molecular formula is C20H34N6O7S. The maximum atomic E-state index is 13.0. The number of amides is 6. The number of nitrogens with two attached hydrogens (primary N) is 2. The molecule has 0 aromatic rings. The fourth-order valence-electron chi connectivity index (χ4n) is 3.55. The third-order valence-corrected chi connectivity index (χ3v) is 5.92. The minimum absolute atomic E-state index is 0.0732. The van der Waals surface area contributed by atoms with Crippen LogP contribution in [0.1, 0.15) is 39.0 Å². The zero-order chi connectivity index (χ0) is 25.8. The molecule has 1 aliphatic rings. The Morgan fingerprint density at radius 2 is 1.71 bits per heavy atom. The molecule has 0 radical (unpaired) electrons. The van der Waals surface area contributed by atoms with Crippen molar-refractivity contribution in [3.8, 4) is 0 Å². The SMILES string of the molecule is CSCC[C@H](NC(=O)[C@@H]1CCCN1C(=O)[C@H](CO)NC(C)=O)C(=O)N[C@@H](CCC(N)=O)C(N)=O. The molecule has 1 saturated heterocycles. The maximum absolute atomic E-state index is 13.0. The highest BCUT2D eigenvalue weighted by molar-refractivity contribution is 7.98. The Hall–Kier alpha value is -2.87. The van der Waals surface area contributed by atoms with Crippen LogP contribution in [0, 0.1) is 0 Å². The lowest BCUT2D eigenvalue weighted by atomic mass is 10.1. The summed E-state index contributed by atoms with van der Waals surface area (Å²) in [6.45, 7) is 0.842. The molecule has 0 saturated carbocycles.